The number of nitrogens with one attached hydrogen (secondary N) is 3. The van der Waals surface area contributed by atoms with Crippen LogP contribution in [0.25, 0.3) is 0 Å². The molecule has 1 unspecified atom stereocenters. The van der Waals surface area contributed by atoms with Gasteiger partial charge in [0.05, 0.1) is 12.2 Å². The van der Waals surface area contributed by atoms with Gasteiger partial charge >= 0.3 is 0 Å². The van der Waals surface area contributed by atoms with E-state index in [2.05, 4.69) is 25.7 Å². The molecule has 6 heteroatoms. The number of carbonyl (C=O) groups is 1. The molecule has 0 aromatic carbocycles. The Morgan fingerprint density at radius 3 is 3.00 bits per heavy atom. The smallest absolute Gasteiger partial charge is 0.269 e. The highest BCUT2D eigenvalue weighted by Crippen LogP contribution is 2.09. The highest BCUT2D eigenvalue weighted by atomic mass is 16.2. The fourth-order valence-corrected chi connectivity index (χ4v) is 1.24. The summed E-state index contributed by atoms with van der Waals surface area (Å²) in [6.07, 6.45) is 4.97. The first kappa shape index (κ1) is 9.45. The van der Waals surface area contributed by atoms with Crippen LogP contribution in [0.2, 0.25) is 0 Å². The Bertz CT molecular complexity index is 419. The molecule has 2 heterocycles. The van der Waals surface area contributed by atoms with Crippen molar-refractivity contribution >= 4 is 5.91 Å². The number of hydrogen-bond donors (Lipinski definition) is 3. The highest BCUT2D eigenvalue weighted by molar-refractivity contribution is 5.92. The van der Waals surface area contributed by atoms with Crippen molar-refractivity contribution in [2.75, 3.05) is 0 Å². The van der Waals surface area contributed by atoms with Crippen LogP contribution < -0.4 is 5.32 Å². The third kappa shape index (κ3) is 2.04. The molecule has 2 aromatic rings. The van der Waals surface area contributed by atoms with Gasteiger partial charge in [-0.2, -0.15) is 10.2 Å². The van der Waals surface area contributed by atoms with Gasteiger partial charge in [0, 0.05) is 18.0 Å². The van der Waals surface area contributed by atoms with E-state index in [4.69, 9.17) is 0 Å². The molecule has 0 aliphatic rings. The normalized spacial score (nSPS) is 12.3. The highest BCUT2D eigenvalue weighted by Gasteiger charge is 2.12. The van der Waals surface area contributed by atoms with Crippen molar-refractivity contribution < 1.29 is 4.79 Å². The molecule has 6 nitrogen and oxygen atoms in total. The Labute approximate surface area is 86.1 Å². The Morgan fingerprint density at radius 2 is 2.40 bits per heavy atom. The molecule has 1 amide bonds. The number of nitrogens with zero attached hydrogens (tertiary/aromatic N) is 2. The maximum atomic E-state index is 11.6. The van der Waals surface area contributed by atoms with Gasteiger partial charge < -0.3 is 5.32 Å². The van der Waals surface area contributed by atoms with Crippen LogP contribution >= 0.6 is 0 Å². The summed E-state index contributed by atoms with van der Waals surface area (Å²) in [6.45, 7) is 1.89. The predicted octanol–water partition coefficient (Wildman–Crippen LogP) is 0.624. The van der Waals surface area contributed by atoms with Crippen molar-refractivity contribution in [1.82, 2.24) is 25.7 Å². The molecule has 0 saturated heterocycles. The van der Waals surface area contributed by atoms with Gasteiger partial charge in [-0.1, -0.05) is 0 Å². The number of aromatic nitrogens is 4. The summed E-state index contributed by atoms with van der Waals surface area (Å²) >= 11 is 0. The lowest BCUT2D eigenvalue weighted by molar-refractivity contribution is 0.0935. The van der Waals surface area contributed by atoms with Crippen molar-refractivity contribution in [3.8, 4) is 0 Å². The molecular formula is C9H11N5O. The van der Waals surface area contributed by atoms with Crippen LogP contribution in [0.4, 0.5) is 0 Å². The minimum atomic E-state index is -0.179. The van der Waals surface area contributed by atoms with E-state index in [9.17, 15) is 4.79 Å². The Morgan fingerprint density at radius 1 is 1.53 bits per heavy atom. The van der Waals surface area contributed by atoms with Crippen molar-refractivity contribution in [3.05, 3.63) is 35.9 Å². The first-order valence-corrected chi connectivity index (χ1v) is 4.56. The van der Waals surface area contributed by atoms with Gasteiger partial charge in [0.15, 0.2) is 0 Å². The summed E-state index contributed by atoms with van der Waals surface area (Å²) in [6, 6.07) is 1.54. The molecule has 0 aliphatic heterocycles. The lowest BCUT2D eigenvalue weighted by Gasteiger charge is -2.10. The van der Waals surface area contributed by atoms with Crippen molar-refractivity contribution in [2.45, 2.75) is 13.0 Å². The summed E-state index contributed by atoms with van der Waals surface area (Å²) in [5, 5.41) is 15.6. The van der Waals surface area contributed by atoms with E-state index in [-0.39, 0.29) is 11.9 Å². The van der Waals surface area contributed by atoms with Gasteiger partial charge in [0.1, 0.15) is 5.69 Å². The summed E-state index contributed by atoms with van der Waals surface area (Å²) in [5.74, 6) is -0.179. The predicted molar refractivity (Wildman–Crippen MR) is 53.1 cm³/mol. The van der Waals surface area contributed by atoms with E-state index in [1.54, 1.807) is 18.5 Å². The molecule has 78 valence electrons. The van der Waals surface area contributed by atoms with Gasteiger partial charge in [-0.15, -0.1) is 0 Å². The van der Waals surface area contributed by atoms with E-state index in [0.717, 1.165) is 5.56 Å². The molecule has 2 aromatic heterocycles. The molecule has 0 saturated carbocycles. The average Bonchev–Trinajstić information content (AvgIpc) is 2.91. The van der Waals surface area contributed by atoms with Crippen molar-refractivity contribution in [3.63, 3.8) is 0 Å². The molecule has 0 aliphatic carbocycles. The summed E-state index contributed by atoms with van der Waals surface area (Å²) in [5.41, 5.74) is 1.38. The molecule has 1 atom stereocenters. The molecule has 15 heavy (non-hydrogen) atoms. The lowest BCUT2D eigenvalue weighted by atomic mass is 10.2. The molecule has 3 N–H and O–H groups in total. The monoisotopic (exact) mass is 205 g/mol. The van der Waals surface area contributed by atoms with Crippen LogP contribution in [-0.2, 0) is 0 Å². The standard InChI is InChI=1S/C9H11N5O/c1-6(7-4-11-12-5-7)13-9(15)8-2-3-10-14-8/h2-6H,1H3,(H,10,14)(H,11,12)(H,13,15). The van der Waals surface area contributed by atoms with E-state index in [0.29, 0.717) is 5.69 Å². The fourth-order valence-electron chi connectivity index (χ4n) is 1.24. The van der Waals surface area contributed by atoms with Gasteiger partial charge in [-0.3, -0.25) is 15.0 Å². The first-order chi connectivity index (χ1) is 7.27. The quantitative estimate of drug-likeness (QED) is 0.686. The number of H-pyrrole nitrogens is 2. The second-order valence-electron chi connectivity index (χ2n) is 3.20. The van der Waals surface area contributed by atoms with Crippen molar-refractivity contribution in [2.24, 2.45) is 0 Å². The van der Waals surface area contributed by atoms with Crippen LogP contribution in [-0.4, -0.2) is 26.3 Å². The largest absolute Gasteiger partial charge is 0.344 e. The van der Waals surface area contributed by atoms with E-state index < -0.39 is 0 Å². The lowest BCUT2D eigenvalue weighted by Crippen LogP contribution is -2.26. The zero-order valence-corrected chi connectivity index (χ0v) is 8.19. The first-order valence-electron chi connectivity index (χ1n) is 4.56. The third-order valence-corrected chi connectivity index (χ3v) is 2.11. The van der Waals surface area contributed by atoms with Gasteiger partial charge in [0.25, 0.3) is 5.91 Å². The second kappa shape index (κ2) is 3.95. The van der Waals surface area contributed by atoms with E-state index in [1.165, 1.54) is 6.20 Å². The minimum Gasteiger partial charge on any atom is -0.344 e. The van der Waals surface area contributed by atoms with Crippen LogP contribution in [0, 0.1) is 0 Å². The number of carbonyl (C=O) groups excluding carboxylic acids is 1. The summed E-state index contributed by atoms with van der Waals surface area (Å²) in [4.78, 5) is 11.6. The van der Waals surface area contributed by atoms with Gasteiger partial charge in [0.2, 0.25) is 0 Å². The van der Waals surface area contributed by atoms with Crippen molar-refractivity contribution in [1.29, 1.82) is 0 Å². The maximum Gasteiger partial charge on any atom is 0.269 e. The zero-order valence-electron chi connectivity index (χ0n) is 8.19. The molecule has 0 spiro atoms. The molecule has 0 fully saturated rings. The number of rotatable bonds is 3. The Balaban J connectivity index is 2.01. The third-order valence-electron chi connectivity index (χ3n) is 2.11. The SMILES string of the molecule is CC(NC(=O)c1ccn[nH]1)c1cn[nH]c1. The summed E-state index contributed by atoms with van der Waals surface area (Å²) in [7, 11) is 0. The van der Waals surface area contributed by atoms with Crippen LogP contribution in [0.1, 0.15) is 29.0 Å². The zero-order chi connectivity index (χ0) is 10.7. The number of amides is 1. The Kier molecular flexibility index (Phi) is 2.49. The second-order valence-corrected chi connectivity index (χ2v) is 3.20. The number of hydrogen-bond acceptors (Lipinski definition) is 3. The fraction of sp³-hybridized carbons (Fsp3) is 0.222. The van der Waals surface area contributed by atoms with Crippen LogP contribution in [0.3, 0.4) is 0 Å². The van der Waals surface area contributed by atoms with Crippen LogP contribution in [0.15, 0.2) is 24.7 Å². The van der Waals surface area contributed by atoms with Gasteiger partial charge in [-0.05, 0) is 13.0 Å². The molecule has 2 rings (SSSR count). The van der Waals surface area contributed by atoms with Gasteiger partial charge in [-0.25, -0.2) is 0 Å². The Hall–Kier alpha value is -2.11. The van der Waals surface area contributed by atoms with Crippen LogP contribution in [0.5, 0.6) is 0 Å². The molecule has 0 bridgehead atoms. The number of aromatic amines is 2. The minimum absolute atomic E-state index is 0.0838. The van der Waals surface area contributed by atoms with E-state index >= 15 is 0 Å². The topological polar surface area (TPSA) is 86.5 Å². The average molecular weight is 205 g/mol. The van der Waals surface area contributed by atoms with E-state index in [1.807, 2.05) is 6.92 Å². The maximum absolute atomic E-state index is 11.6. The molecule has 0 radical (unpaired) electrons. The summed E-state index contributed by atoms with van der Waals surface area (Å²) < 4.78 is 0. The molecular weight excluding hydrogens is 194 g/mol.